The number of benzene rings is 1. The van der Waals surface area contributed by atoms with E-state index in [1.807, 2.05) is 0 Å². The highest BCUT2D eigenvalue weighted by Gasteiger charge is 2.16. The molecule has 1 atom stereocenters. The van der Waals surface area contributed by atoms with Crippen molar-refractivity contribution in [3.8, 4) is 5.75 Å². The van der Waals surface area contributed by atoms with Crippen LogP contribution in [0.25, 0.3) is 0 Å². The second kappa shape index (κ2) is 7.99. The van der Waals surface area contributed by atoms with Gasteiger partial charge in [-0.15, -0.1) is 0 Å². The summed E-state index contributed by atoms with van der Waals surface area (Å²) in [6.07, 6.45) is -1.10. The van der Waals surface area contributed by atoms with E-state index >= 15 is 0 Å². The number of hydrogen-bond donors (Lipinski definition) is 1. The van der Waals surface area contributed by atoms with Crippen molar-refractivity contribution in [2.45, 2.75) is 19.3 Å². The molecule has 1 unspecified atom stereocenters. The Bertz CT molecular complexity index is 409. The normalized spacial score (nSPS) is 12.3. The summed E-state index contributed by atoms with van der Waals surface area (Å²) in [6, 6.07) is 6.89. The molecule has 0 fully saturated rings. The molecule has 6 heteroatoms. The van der Waals surface area contributed by atoms with Gasteiger partial charge in [0.1, 0.15) is 5.75 Å². The van der Waals surface area contributed by atoms with Gasteiger partial charge in [-0.05, 0) is 25.1 Å². The second-order valence-corrected chi connectivity index (χ2v) is 4.30. The van der Waals surface area contributed by atoms with Crippen LogP contribution in [0.3, 0.4) is 0 Å². The first-order valence-electron chi connectivity index (χ1n) is 5.82. The fourth-order valence-corrected chi connectivity index (χ4v) is 1.57. The van der Waals surface area contributed by atoms with Gasteiger partial charge in [0.25, 0.3) is 5.91 Å². The monoisotopic (exact) mass is 287 g/mol. The topological polar surface area (TPSA) is 56.8 Å². The Morgan fingerprint density at radius 1 is 1.37 bits per heavy atom. The number of amides is 1. The summed E-state index contributed by atoms with van der Waals surface area (Å²) in [5.74, 6) is 0.296. The van der Waals surface area contributed by atoms with Crippen LogP contribution in [0.5, 0.6) is 5.75 Å². The van der Waals surface area contributed by atoms with Crippen LogP contribution < -0.4 is 10.1 Å². The van der Waals surface area contributed by atoms with E-state index in [2.05, 4.69) is 5.32 Å². The predicted octanol–water partition coefficient (Wildman–Crippen LogP) is 1.84. The average molecular weight is 288 g/mol. The quantitative estimate of drug-likeness (QED) is 0.778. The number of hydrogen-bond acceptors (Lipinski definition) is 4. The number of methoxy groups -OCH3 is 2. The van der Waals surface area contributed by atoms with Gasteiger partial charge in [0, 0.05) is 19.2 Å². The van der Waals surface area contributed by atoms with E-state index in [0.29, 0.717) is 10.8 Å². The molecule has 1 aromatic rings. The van der Waals surface area contributed by atoms with Crippen molar-refractivity contribution in [2.24, 2.45) is 0 Å². The maximum absolute atomic E-state index is 11.8. The second-order valence-electron chi connectivity index (χ2n) is 3.86. The number of carbonyl (C=O) groups excluding carboxylic acids is 1. The lowest BCUT2D eigenvalue weighted by Gasteiger charge is -2.17. The highest BCUT2D eigenvalue weighted by atomic mass is 35.5. The SMILES string of the molecule is COC(CNC(=O)C(C)Oc1cccc(Cl)c1)OC. The third kappa shape index (κ3) is 5.46. The van der Waals surface area contributed by atoms with E-state index in [1.54, 1.807) is 31.2 Å². The molecule has 0 aliphatic heterocycles. The van der Waals surface area contributed by atoms with Crippen LogP contribution >= 0.6 is 11.6 Å². The van der Waals surface area contributed by atoms with Crippen molar-refractivity contribution < 1.29 is 19.0 Å². The third-order valence-corrected chi connectivity index (χ3v) is 2.68. The smallest absolute Gasteiger partial charge is 0.260 e. The Kier molecular flexibility index (Phi) is 6.62. The van der Waals surface area contributed by atoms with Gasteiger partial charge in [-0.2, -0.15) is 0 Å². The van der Waals surface area contributed by atoms with Gasteiger partial charge < -0.3 is 19.5 Å². The molecule has 0 bridgehead atoms. The van der Waals surface area contributed by atoms with Gasteiger partial charge >= 0.3 is 0 Å². The third-order valence-electron chi connectivity index (χ3n) is 2.45. The summed E-state index contributed by atoms with van der Waals surface area (Å²) in [4.78, 5) is 11.8. The van der Waals surface area contributed by atoms with Gasteiger partial charge in [-0.1, -0.05) is 17.7 Å². The van der Waals surface area contributed by atoms with Crippen molar-refractivity contribution in [2.75, 3.05) is 20.8 Å². The van der Waals surface area contributed by atoms with Crippen LogP contribution in [0.15, 0.2) is 24.3 Å². The maximum Gasteiger partial charge on any atom is 0.260 e. The first kappa shape index (κ1) is 15.8. The molecule has 0 heterocycles. The van der Waals surface area contributed by atoms with Crippen LogP contribution in [-0.4, -0.2) is 39.1 Å². The van der Waals surface area contributed by atoms with Crippen LogP contribution in [0.4, 0.5) is 0 Å². The number of carbonyl (C=O) groups is 1. The van der Waals surface area contributed by atoms with E-state index in [0.717, 1.165) is 0 Å². The summed E-state index contributed by atoms with van der Waals surface area (Å²) in [5.41, 5.74) is 0. The number of rotatable bonds is 7. The van der Waals surface area contributed by atoms with E-state index in [4.69, 9.17) is 25.8 Å². The Hall–Kier alpha value is -1.30. The molecule has 0 radical (unpaired) electrons. The lowest BCUT2D eigenvalue weighted by molar-refractivity contribution is -0.132. The van der Waals surface area contributed by atoms with Crippen molar-refractivity contribution in [1.29, 1.82) is 0 Å². The van der Waals surface area contributed by atoms with Crippen LogP contribution in [0, 0.1) is 0 Å². The Labute approximate surface area is 117 Å². The molecule has 1 N–H and O–H groups in total. The molecule has 0 saturated carbocycles. The van der Waals surface area contributed by atoms with Crippen LogP contribution in [0.2, 0.25) is 5.02 Å². The average Bonchev–Trinajstić information content (AvgIpc) is 2.39. The molecule has 1 aromatic carbocycles. The summed E-state index contributed by atoms with van der Waals surface area (Å²) in [7, 11) is 3.01. The Morgan fingerprint density at radius 3 is 2.63 bits per heavy atom. The molecular weight excluding hydrogens is 270 g/mol. The molecule has 0 aliphatic rings. The first-order chi connectivity index (χ1) is 9.06. The predicted molar refractivity (Wildman–Crippen MR) is 72.4 cm³/mol. The molecule has 0 aliphatic carbocycles. The van der Waals surface area contributed by atoms with E-state index in [-0.39, 0.29) is 12.5 Å². The summed E-state index contributed by atoms with van der Waals surface area (Å²) < 4.78 is 15.4. The van der Waals surface area contributed by atoms with Gasteiger partial charge in [0.15, 0.2) is 12.4 Å². The van der Waals surface area contributed by atoms with Crippen molar-refractivity contribution in [1.82, 2.24) is 5.32 Å². The lowest BCUT2D eigenvalue weighted by Crippen LogP contribution is -2.41. The zero-order chi connectivity index (χ0) is 14.3. The summed E-state index contributed by atoms with van der Waals surface area (Å²) >= 11 is 5.83. The fourth-order valence-electron chi connectivity index (χ4n) is 1.39. The van der Waals surface area contributed by atoms with E-state index in [9.17, 15) is 4.79 Å². The van der Waals surface area contributed by atoms with Crippen molar-refractivity contribution >= 4 is 17.5 Å². The molecular formula is C13H18ClNO4. The minimum absolute atomic E-state index is 0.251. The van der Waals surface area contributed by atoms with Gasteiger partial charge in [0.2, 0.25) is 0 Å². The molecule has 0 spiro atoms. The number of nitrogens with one attached hydrogen (secondary N) is 1. The molecule has 1 rings (SSSR count). The number of ether oxygens (including phenoxy) is 3. The molecule has 19 heavy (non-hydrogen) atoms. The molecule has 1 amide bonds. The van der Waals surface area contributed by atoms with Crippen LogP contribution in [0.1, 0.15) is 6.92 Å². The van der Waals surface area contributed by atoms with Crippen molar-refractivity contribution in [3.05, 3.63) is 29.3 Å². The zero-order valence-corrected chi connectivity index (χ0v) is 11.9. The fraction of sp³-hybridized carbons (Fsp3) is 0.462. The van der Waals surface area contributed by atoms with Gasteiger partial charge in [-0.25, -0.2) is 0 Å². The zero-order valence-electron chi connectivity index (χ0n) is 11.2. The summed E-state index contributed by atoms with van der Waals surface area (Å²) in [5, 5.41) is 3.23. The molecule has 106 valence electrons. The minimum atomic E-state index is -0.632. The Morgan fingerprint density at radius 2 is 2.05 bits per heavy atom. The molecule has 5 nitrogen and oxygen atoms in total. The first-order valence-corrected chi connectivity index (χ1v) is 6.20. The molecule has 0 saturated heterocycles. The van der Waals surface area contributed by atoms with E-state index < -0.39 is 12.4 Å². The minimum Gasteiger partial charge on any atom is -0.481 e. The standard InChI is InChI=1S/C13H18ClNO4/c1-9(13(16)15-8-12(17-2)18-3)19-11-6-4-5-10(14)7-11/h4-7,9,12H,8H2,1-3H3,(H,15,16). The van der Waals surface area contributed by atoms with Gasteiger partial charge in [0.05, 0.1) is 6.54 Å². The maximum atomic E-state index is 11.8. The Balaban J connectivity index is 2.44. The highest BCUT2D eigenvalue weighted by Crippen LogP contribution is 2.18. The highest BCUT2D eigenvalue weighted by molar-refractivity contribution is 6.30. The molecule has 0 aromatic heterocycles. The lowest BCUT2D eigenvalue weighted by atomic mass is 10.3. The summed E-state index contributed by atoms with van der Waals surface area (Å²) in [6.45, 7) is 1.92. The largest absolute Gasteiger partial charge is 0.481 e. The number of halogens is 1. The van der Waals surface area contributed by atoms with E-state index in [1.165, 1.54) is 14.2 Å². The van der Waals surface area contributed by atoms with Crippen molar-refractivity contribution in [3.63, 3.8) is 0 Å². The van der Waals surface area contributed by atoms with Gasteiger partial charge in [-0.3, -0.25) is 4.79 Å². The van der Waals surface area contributed by atoms with Crippen LogP contribution in [-0.2, 0) is 14.3 Å².